The van der Waals surface area contributed by atoms with Crippen LogP contribution in [0.25, 0.3) is 0 Å². The number of ether oxygens (including phenoxy) is 1. The Morgan fingerprint density at radius 2 is 1.93 bits per heavy atom. The molecule has 0 radical (unpaired) electrons. The Kier molecular flexibility index (Phi) is 6.52. The average molecular weight is 436 g/mol. The number of hydrogen-bond acceptors (Lipinski definition) is 7. The first kappa shape index (κ1) is 20.8. The van der Waals surface area contributed by atoms with E-state index in [2.05, 4.69) is 20.2 Å². The van der Waals surface area contributed by atoms with Crippen molar-refractivity contribution in [3.8, 4) is 5.75 Å². The standard InChI is InChI=1S/C18H17FN4O4S2/c1-12-3-2-4-13(11-12)16(24)21-17-22-23-18(28-17)29(25,26)20-9-10-27-15-7-5-14(19)6-8-15/h2-8,11,20H,9-10H2,1H3,(H,21,22,24). The van der Waals surface area contributed by atoms with Crippen LogP contribution in [0, 0.1) is 12.7 Å². The quantitative estimate of drug-likeness (QED) is 0.415. The minimum Gasteiger partial charge on any atom is -0.492 e. The molecule has 2 N–H and O–H groups in total. The highest BCUT2D eigenvalue weighted by molar-refractivity contribution is 7.91. The summed E-state index contributed by atoms with van der Waals surface area (Å²) in [4.78, 5) is 12.2. The summed E-state index contributed by atoms with van der Waals surface area (Å²) in [6.07, 6.45) is 0. The molecule has 11 heteroatoms. The van der Waals surface area contributed by atoms with Gasteiger partial charge in [-0.2, -0.15) is 0 Å². The number of aryl methyl sites for hydroxylation is 1. The van der Waals surface area contributed by atoms with E-state index >= 15 is 0 Å². The minimum absolute atomic E-state index is 0.0235. The average Bonchev–Trinajstić information content (AvgIpc) is 3.16. The fraction of sp³-hybridized carbons (Fsp3) is 0.167. The maximum absolute atomic E-state index is 12.8. The third kappa shape index (κ3) is 5.79. The summed E-state index contributed by atoms with van der Waals surface area (Å²) in [5.41, 5.74) is 1.35. The Morgan fingerprint density at radius 1 is 1.17 bits per heavy atom. The molecule has 0 atom stereocenters. The van der Waals surface area contributed by atoms with Crippen LogP contribution in [0.1, 0.15) is 15.9 Å². The number of carbonyl (C=O) groups excluding carboxylic acids is 1. The lowest BCUT2D eigenvalue weighted by atomic mass is 10.1. The second-order valence-electron chi connectivity index (χ2n) is 5.90. The zero-order valence-corrected chi connectivity index (χ0v) is 16.9. The van der Waals surface area contributed by atoms with E-state index in [0.717, 1.165) is 16.9 Å². The topological polar surface area (TPSA) is 110 Å². The lowest BCUT2D eigenvalue weighted by molar-refractivity contribution is 0.102. The first-order valence-electron chi connectivity index (χ1n) is 8.43. The normalized spacial score (nSPS) is 11.2. The van der Waals surface area contributed by atoms with E-state index in [1.54, 1.807) is 18.2 Å². The van der Waals surface area contributed by atoms with Gasteiger partial charge in [-0.25, -0.2) is 17.5 Å². The number of nitrogens with one attached hydrogen (secondary N) is 2. The molecule has 0 unspecified atom stereocenters. The highest BCUT2D eigenvalue weighted by Gasteiger charge is 2.20. The molecule has 8 nitrogen and oxygen atoms in total. The predicted molar refractivity (Wildman–Crippen MR) is 106 cm³/mol. The second kappa shape index (κ2) is 9.07. The fourth-order valence-electron chi connectivity index (χ4n) is 2.26. The van der Waals surface area contributed by atoms with Crippen molar-refractivity contribution in [3.63, 3.8) is 0 Å². The molecule has 152 valence electrons. The van der Waals surface area contributed by atoms with Gasteiger partial charge in [0.15, 0.2) is 0 Å². The number of hydrogen-bond donors (Lipinski definition) is 2. The van der Waals surface area contributed by atoms with E-state index in [4.69, 9.17) is 4.74 Å². The molecule has 0 spiro atoms. The molecule has 0 aliphatic carbocycles. The van der Waals surface area contributed by atoms with Crippen LogP contribution < -0.4 is 14.8 Å². The van der Waals surface area contributed by atoms with Gasteiger partial charge in [-0.1, -0.05) is 29.0 Å². The van der Waals surface area contributed by atoms with Gasteiger partial charge in [-0.3, -0.25) is 10.1 Å². The zero-order chi connectivity index (χ0) is 20.9. The number of aromatic nitrogens is 2. The van der Waals surface area contributed by atoms with Crippen LogP contribution in [0.4, 0.5) is 9.52 Å². The van der Waals surface area contributed by atoms with E-state index in [1.165, 1.54) is 24.3 Å². The van der Waals surface area contributed by atoms with Gasteiger partial charge in [0, 0.05) is 12.1 Å². The van der Waals surface area contributed by atoms with Gasteiger partial charge in [0.1, 0.15) is 18.2 Å². The Balaban J connectivity index is 1.54. The molecule has 0 saturated heterocycles. The van der Waals surface area contributed by atoms with Crippen molar-refractivity contribution in [2.45, 2.75) is 11.3 Å². The van der Waals surface area contributed by atoms with Crippen LogP contribution in [-0.2, 0) is 10.0 Å². The molecule has 1 amide bonds. The molecule has 0 saturated carbocycles. The number of amides is 1. The lowest BCUT2D eigenvalue weighted by Crippen LogP contribution is -2.28. The Morgan fingerprint density at radius 3 is 2.66 bits per heavy atom. The van der Waals surface area contributed by atoms with E-state index in [1.807, 2.05) is 13.0 Å². The van der Waals surface area contributed by atoms with Gasteiger partial charge in [-0.05, 0) is 43.3 Å². The highest BCUT2D eigenvalue weighted by atomic mass is 32.2. The van der Waals surface area contributed by atoms with E-state index in [-0.39, 0.29) is 28.4 Å². The summed E-state index contributed by atoms with van der Waals surface area (Å²) in [5, 5.41) is 9.92. The Labute approximate surface area is 170 Å². The number of rotatable bonds is 8. The molecule has 0 aliphatic heterocycles. The van der Waals surface area contributed by atoms with E-state index in [9.17, 15) is 17.6 Å². The van der Waals surface area contributed by atoms with E-state index in [0.29, 0.717) is 11.3 Å². The van der Waals surface area contributed by atoms with Crippen LogP contribution in [-0.4, -0.2) is 37.7 Å². The molecule has 0 fully saturated rings. The van der Waals surface area contributed by atoms with Crippen LogP contribution in [0.15, 0.2) is 52.9 Å². The fourth-order valence-corrected chi connectivity index (χ4v) is 4.21. The summed E-state index contributed by atoms with van der Waals surface area (Å²) in [6, 6.07) is 12.3. The van der Waals surface area contributed by atoms with Crippen molar-refractivity contribution in [2.75, 3.05) is 18.5 Å². The second-order valence-corrected chi connectivity index (χ2v) is 8.82. The van der Waals surface area contributed by atoms with Crippen LogP contribution >= 0.6 is 11.3 Å². The van der Waals surface area contributed by atoms with Gasteiger partial charge < -0.3 is 4.74 Å². The van der Waals surface area contributed by atoms with Crippen molar-refractivity contribution in [1.82, 2.24) is 14.9 Å². The van der Waals surface area contributed by atoms with Crippen molar-refractivity contribution < 1.29 is 22.3 Å². The third-order valence-corrected chi connectivity index (χ3v) is 6.28. The minimum atomic E-state index is -3.90. The molecular formula is C18H17FN4O4S2. The van der Waals surface area contributed by atoms with Crippen molar-refractivity contribution in [2.24, 2.45) is 0 Å². The summed E-state index contributed by atoms with van der Waals surface area (Å²) in [7, 11) is -3.90. The maximum Gasteiger partial charge on any atom is 0.269 e. The highest BCUT2D eigenvalue weighted by Crippen LogP contribution is 2.20. The molecule has 1 aromatic heterocycles. The first-order valence-corrected chi connectivity index (χ1v) is 10.7. The zero-order valence-electron chi connectivity index (χ0n) is 15.3. The number of benzene rings is 2. The van der Waals surface area contributed by atoms with Gasteiger partial charge in [0.05, 0.1) is 0 Å². The van der Waals surface area contributed by atoms with Gasteiger partial charge in [0.25, 0.3) is 15.9 Å². The van der Waals surface area contributed by atoms with Crippen LogP contribution in [0.5, 0.6) is 5.75 Å². The maximum atomic E-state index is 12.8. The molecule has 0 aliphatic rings. The third-order valence-electron chi connectivity index (χ3n) is 3.61. The molecule has 3 rings (SSSR count). The summed E-state index contributed by atoms with van der Waals surface area (Å²) < 4.78 is 44.8. The smallest absolute Gasteiger partial charge is 0.269 e. The van der Waals surface area contributed by atoms with Gasteiger partial charge >= 0.3 is 0 Å². The molecule has 3 aromatic rings. The Bertz CT molecular complexity index is 1100. The number of sulfonamides is 1. The lowest BCUT2D eigenvalue weighted by Gasteiger charge is -2.06. The van der Waals surface area contributed by atoms with Crippen molar-refractivity contribution >= 4 is 32.4 Å². The first-order chi connectivity index (χ1) is 13.8. The predicted octanol–water partition coefficient (Wildman–Crippen LogP) is 2.60. The number of halogens is 1. The van der Waals surface area contributed by atoms with Crippen molar-refractivity contribution in [3.05, 3.63) is 65.5 Å². The monoisotopic (exact) mass is 436 g/mol. The van der Waals surface area contributed by atoms with Crippen molar-refractivity contribution in [1.29, 1.82) is 0 Å². The van der Waals surface area contributed by atoms with Gasteiger partial charge in [0.2, 0.25) is 9.47 Å². The largest absolute Gasteiger partial charge is 0.492 e. The summed E-state index contributed by atoms with van der Waals surface area (Å²) >= 11 is 0.736. The molecule has 1 heterocycles. The SMILES string of the molecule is Cc1cccc(C(=O)Nc2nnc(S(=O)(=O)NCCOc3ccc(F)cc3)s2)c1. The molecule has 29 heavy (non-hydrogen) atoms. The number of anilines is 1. The molecular weight excluding hydrogens is 419 g/mol. The Hall–Kier alpha value is -2.89. The van der Waals surface area contributed by atoms with Crippen LogP contribution in [0.3, 0.4) is 0 Å². The van der Waals surface area contributed by atoms with Gasteiger partial charge in [-0.15, -0.1) is 10.2 Å². The van der Waals surface area contributed by atoms with Crippen LogP contribution in [0.2, 0.25) is 0 Å². The molecule has 2 aromatic carbocycles. The van der Waals surface area contributed by atoms with E-state index < -0.39 is 15.9 Å². The molecule has 0 bridgehead atoms. The number of carbonyl (C=O) groups is 1. The summed E-state index contributed by atoms with van der Waals surface area (Å²) in [6.45, 7) is 1.88. The number of nitrogens with zero attached hydrogens (tertiary/aromatic N) is 2. The summed E-state index contributed by atoms with van der Waals surface area (Å²) in [5.74, 6) is -0.378.